The van der Waals surface area contributed by atoms with Crippen LogP contribution in [0.2, 0.25) is 5.02 Å². The van der Waals surface area contributed by atoms with Gasteiger partial charge in [0, 0.05) is 11.4 Å². The van der Waals surface area contributed by atoms with E-state index in [1.807, 2.05) is 18.2 Å². The van der Waals surface area contributed by atoms with E-state index < -0.39 is 11.9 Å². The van der Waals surface area contributed by atoms with Crippen LogP contribution in [0.5, 0.6) is 5.75 Å². The van der Waals surface area contributed by atoms with Gasteiger partial charge in [-0.15, -0.1) is 10.2 Å². The van der Waals surface area contributed by atoms with Gasteiger partial charge in [0.2, 0.25) is 10.9 Å². The molecule has 1 amide bonds. The van der Waals surface area contributed by atoms with Crippen molar-refractivity contribution in [3.8, 4) is 5.75 Å². The average Bonchev–Trinajstić information content (AvgIpc) is 3.41. The minimum absolute atomic E-state index is 0.00511. The molecule has 0 aliphatic carbocycles. The van der Waals surface area contributed by atoms with Crippen molar-refractivity contribution >= 4 is 44.9 Å². The van der Waals surface area contributed by atoms with Crippen LogP contribution >= 0.6 is 22.9 Å². The van der Waals surface area contributed by atoms with Crippen molar-refractivity contribution in [2.75, 3.05) is 11.5 Å². The molecule has 2 aromatic carbocycles. The highest BCUT2D eigenvalue weighted by atomic mass is 35.5. The van der Waals surface area contributed by atoms with Gasteiger partial charge in [0.05, 0.1) is 17.0 Å². The minimum atomic E-state index is -0.753. The molecule has 34 heavy (non-hydrogen) atoms. The molecular formula is C25H20ClN3O4S. The predicted octanol–water partition coefficient (Wildman–Crippen LogP) is 5.57. The van der Waals surface area contributed by atoms with Crippen molar-refractivity contribution in [3.63, 3.8) is 0 Å². The molecule has 0 bridgehead atoms. The lowest BCUT2D eigenvalue weighted by atomic mass is 9.98. The van der Waals surface area contributed by atoms with Crippen LogP contribution in [0.4, 0.5) is 5.13 Å². The van der Waals surface area contributed by atoms with Crippen LogP contribution < -0.4 is 15.1 Å². The topological polar surface area (TPSA) is 85.5 Å². The van der Waals surface area contributed by atoms with E-state index in [2.05, 4.69) is 23.7 Å². The van der Waals surface area contributed by atoms with Crippen LogP contribution in [0.1, 0.15) is 46.1 Å². The van der Waals surface area contributed by atoms with Crippen LogP contribution in [-0.4, -0.2) is 22.7 Å². The number of carbonyl (C=O) groups excluding carboxylic acids is 1. The number of nitrogens with zero attached hydrogens (tertiary/aromatic N) is 3. The number of halogens is 1. The molecular weight excluding hydrogens is 474 g/mol. The Bertz CT molecular complexity index is 1480. The molecule has 1 unspecified atom stereocenters. The maximum absolute atomic E-state index is 13.7. The molecule has 7 nitrogen and oxygen atoms in total. The molecule has 0 radical (unpaired) electrons. The largest absolute Gasteiger partial charge is 0.490 e. The van der Waals surface area contributed by atoms with Gasteiger partial charge < -0.3 is 9.15 Å². The van der Waals surface area contributed by atoms with Crippen molar-refractivity contribution in [2.45, 2.75) is 25.8 Å². The third kappa shape index (κ3) is 3.78. The number of hydrogen-bond donors (Lipinski definition) is 0. The zero-order valence-corrected chi connectivity index (χ0v) is 19.9. The fraction of sp³-hybridized carbons (Fsp3) is 0.200. The molecule has 3 heterocycles. The zero-order chi connectivity index (χ0) is 23.8. The number of ether oxygens (including phenoxy) is 1. The van der Waals surface area contributed by atoms with E-state index in [1.165, 1.54) is 16.2 Å². The SMILES string of the molecule is C=CCOc1cccc(C2c3c(oc4ccc(Cl)cc4c3=O)C(=O)N2c2nnc(CCC)s2)c1. The summed E-state index contributed by atoms with van der Waals surface area (Å²) in [6.07, 6.45) is 3.30. The Morgan fingerprint density at radius 2 is 2.09 bits per heavy atom. The smallest absolute Gasteiger partial charge is 0.297 e. The molecule has 1 aliphatic heterocycles. The first kappa shape index (κ1) is 22.3. The number of aromatic nitrogens is 2. The van der Waals surface area contributed by atoms with Gasteiger partial charge in [0.15, 0.2) is 5.43 Å². The normalized spacial score (nSPS) is 15.1. The summed E-state index contributed by atoms with van der Waals surface area (Å²) < 4.78 is 11.7. The maximum atomic E-state index is 13.7. The first-order chi connectivity index (χ1) is 16.5. The van der Waals surface area contributed by atoms with Crippen molar-refractivity contribution in [1.82, 2.24) is 10.2 Å². The van der Waals surface area contributed by atoms with Crippen molar-refractivity contribution < 1.29 is 13.9 Å². The molecule has 1 atom stereocenters. The van der Waals surface area contributed by atoms with E-state index in [9.17, 15) is 9.59 Å². The summed E-state index contributed by atoms with van der Waals surface area (Å²) >= 11 is 7.48. The predicted molar refractivity (Wildman–Crippen MR) is 132 cm³/mol. The van der Waals surface area contributed by atoms with E-state index >= 15 is 0 Å². The molecule has 0 N–H and O–H groups in total. The Morgan fingerprint density at radius 1 is 1.24 bits per heavy atom. The second kappa shape index (κ2) is 9.04. The lowest BCUT2D eigenvalue weighted by Crippen LogP contribution is -2.29. The van der Waals surface area contributed by atoms with Gasteiger partial charge in [0.25, 0.3) is 5.91 Å². The molecule has 0 fully saturated rings. The number of rotatable bonds is 7. The van der Waals surface area contributed by atoms with Crippen molar-refractivity contribution in [3.05, 3.63) is 92.3 Å². The Morgan fingerprint density at radius 3 is 2.88 bits per heavy atom. The van der Waals surface area contributed by atoms with Crippen LogP contribution in [0.3, 0.4) is 0 Å². The monoisotopic (exact) mass is 493 g/mol. The number of benzene rings is 2. The Hall–Kier alpha value is -3.49. The van der Waals surface area contributed by atoms with Crippen molar-refractivity contribution in [2.24, 2.45) is 0 Å². The number of amides is 1. The van der Waals surface area contributed by atoms with E-state index in [1.54, 1.807) is 30.3 Å². The fourth-order valence-corrected chi connectivity index (χ4v) is 5.18. The highest BCUT2D eigenvalue weighted by Crippen LogP contribution is 2.43. The van der Waals surface area contributed by atoms with Crippen molar-refractivity contribution in [1.29, 1.82) is 0 Å². The van der Waals surface area contributed by atoms with Gasteiger partial charge in [-0.3, -0.25) is 14.5 Å². The second-order valence-electron chi connectivity index (χ2n) is 7.79. The van der Waals surface area contributed by atoms with Crippen LogP contribution in [-0.2, 0) is 6.42 Å². The summed E-state index contributed by atoms with van der Waals surface area (Å²) in [5, 5.41) is 10.5. The Kier molecular flexibility index (Phi) is 5.93. The molecule has 9 heteroatoms. The van der Waals surface area contributed by atoms with Crippen LogP contribution in [0.15, 0.2) is 64.3 Å². The summed E-state index contributed by atoms with van der Waals surface area (Å²) in [5.74, 6) is 0.149. The van der Waals surface area contributed by atoms with E-state index in [-0.39, 0.29) is 16.8 Å². The molecule has 2 aromatic heterocycles. The number of hydrogen-bond acceptors (Lipinski definition) is 7. The summed E-state index contributed by atoms with van der Waals surface area (Å²) in [6, 6.07) is 11.3. The lowest BCUT2D eigenvalue weighted by molar-refractivity contribution is 0.0970. The van der Waals surface area contributed by atoms with Crippen LogP contribution in [0.25, 0.3) is 11.0 Å². The fourth-order valence-electron chi connectivity index (χ4n) is 4.04. The Labute approximate surface area is 204 Å². The van der Waals surface area contributed by atoms with Gasteiger partial charge in [-0.25, -0.2) is 0 Å². The molecule has 4 aromatic rings. The van der Waals surface area contributed by atoms with E-state index in [0.29, 0.717) is 39.0 Å². The molecule has 5 rings (SSSR count). The summed E-state index contributed by atoms with van der Waals surface area (Å²) in [5.41, 5.74) is 0.923. The molecule has 0 saturated carbocycles. The van der Waals surface area contributed by atoms with E-state index in [0.717, 1.165) is 17.8 Å². The summed E-state index contributed by atoms with van der Waals surface area (Å²) in [7, 11) is 0. The second-order valence-corrected chi connectivity index (χ2v) is 9.27. The van der Waals surface area contributed by atoms with E-state index in [4.69, 9.17) is 20.8 Å². The van der Waals surface area contributed by atoms with Gasteiger partial charge in [-0.2, -0.15) is 0 Å². The number of fused-ring (bicyclic) bond motifs is 2. The third-order valence-corrected chi connectivity index (χ3v) is 6.72. The highest BCUT2D eigenvalue weighted by molar-refractivity contribution is 7.15. The molecule has 0 saturated heterocycles. The third-order valence-electron chi connectivity index (χ3n) is 5.50. The van der Waals surface area contributed by atoms with Crippen LogP contribution in [0, 0.1) is 0 Å². The van der Waals surface area contributed by atoms with Gasteiger partial charge in [-0.05, 0) is 42.3 Å². The first-order valence-electron chi connectivity index (χ1n) is 10.8. The zero-order valence-electron chi connectivity index (χ0n) is 18.3. The van der Waals surface area contributed by atoms with Gasteiger partial charge in [0.1, 0.15) is 22.9 Å². The standard InChI is InChI=1S/C25H20ClN3O4S/c1-3-6-19-27-28-25(34-19)29-21(14-7-5-8-16(12-14)32-11-4-2)20-22(30)17-13-15(26)9-10-18(17)33-23(20)24(29)31/h4-5,7-10,12-13,21H,2-3,6,11H2,1H3. The summed E-state index contributed by atoms with van der Waals surface area (Å²) in [6.45, 7) is 6.05. The van der Waals surface area contributed by atoms with Gasteiger partial charge >= 0.3 is 0 Å². The summed E-state index contributed by atoms with van der Waals surface area (Å²) in [4.78, 5) is 28.8. The molecule has 1 aliphatic rings. The lowest BCUT2D eigenvalue weighted by Gasteiger charge is -2.22. The number of carbonyl (C=O) groups is 1. The number of aryl methyl sites for hydroxylation is 1. The molecule has 172 valence electrons. The molecule has 0 spiro atoms. The Balaban J connectivity index is 1.73. The minimum Gasteiger partial charge on any atom is -0.490 e. The highest BCUT2D eigenvalue weighted by Gasteiger charge is 2.45. The van der Waals surface area contributed by atoms with Gasteiger partial charge in [-0.1, -0.05) is 54.6 Å². The first-order valence-corrected chi connectivity index (χ1v) is 12.0. The number of anilines is 1. The maximum Gasteiger partial charge on any atom is 0.297 e. The quantitative estimate of drug-likeness (QED) is 0.313. The average molecular weight is 494 g/mol.